The van der Waals surface area contributed by atoms with Crippen molar-refractivity contribution in [2.24, 2.45) is 0 Å². The van der Waals surface area contributed by atoms with E-state index in [9.17, 15) is 5.21 Å². The summed E-state index contributed by atoms with van der Waals surface area (Å²) in [6, 6.07) is 10.1. The molecule has 0 aliphatic rings. The van der Waals surface area contributed by atoms with Gasteiger partial charge in [0, 0.05) is 17.2 Å². The molecule has 0 radical (unpaired) electrons. The Kier molecular flexibility index (Phi) is 2.74. The van der Waals surface area contributed by atoms with Gasteiger partial charge in [0.2, 0.25) is 11.9 Å². The number of rotatable bonds is 2. The van der Waals surface area contributed by atoms with E-state index in [-0.39, 0.29) is 0 Å². The molecule has 0 bridgehead atoms. The van der Waals surface area contributed by atoms with Crippen molar-refractivity contribution in [2.45, 2.75) is 0 Å². The van der Waals surface area contributed by atoms with Crippen molar-refractivity contribution in [1.82, 2.24) is 0 Å². The molecule has 0 atom stereocenters. The zero-order valence-corrected chi connectivity index (χ0v) is 8.52. The van der Waals surface area contributed by atoms with Crippen molar-refractivity contribution >= 4 is 23.5 Å². The van der Waals surface area contributed by atoms with Gasteiger partial charge >= 0.3 is 0 Å². The van der Waals surface area contributed by atoms with Gasteiger partial charge < -0.3 is 9.62 Å². The van der Waals surface area contributed by atoms with Gasteiger partial charge in [0.25, 0.3) is 0 Å². The van der Waals surface area contributed by atoms with E-state index in [0.717, 1.165) is 4.74 Å². The molecule has 1 aromatic heterocycles. The smallest absolute Gasteiger partial charge is 0.223 e. The summed E-state index contributed by atoms with van der Waals surface area (Å²) < 4.78 is 5.76. The lowest BCUT2D eigenvalue weighted by molar-refractivity contribution is -0.354. The summed E-state index contributed by atoms with van der Waals surface area (Å²) >= 11 is 5.71. The van der Waals surface area contributed by atoms with Crippen LogP contribution in [-0.2, 0) is 0 Å². The molecule has 4 heteroatoms. The Morgan fingerprint density at radius 2 is 1.93 bits per heavy atom. The summed E-state index contributed by atoms with van der Waals surface area (Å²) in [4.78, 5) is 0. The third kappa shape index (κ3) is 2.39. The highest BCUT2D eigenvalue weighted by Crippen LogP contribution is 2.15. The lowest BCUT2D eigenvalue weighted by Crippen LogP contribution is -1.97. The molecule has 0 spiro atoms. The van der Waals surface area contributed by atoms with E-state index in [0.29, 0.717) is 16.5 Å². The van der Waals surface area contributed by atoms with Crippen molar-refractivity contribution in [2.75, 3.05) is 0 Å². The molecule has 0 fully saturated rings. The predicted octanol–water partition coefficient (Wildman–Crippen LogP) is 3.19. The second kappa shape index (κ2) is 4.19. The molecule has 1 heterocycles. The molecule has 0 N–H and O–H groups in total. The van der Waals surface area contributed by atoms with Gasteiger partial charge in [0.05, 0.1) is 6.26 Å². The predicted molar refractivity (Wildman–Crippen MR) is 58.6 cm³/mol. The normalized spacial score (nSPS) is 11.7. The van der Waals surface area contributed by atoms with Gasteiger partial charge in [-0.2, -0.15) is 4.74 Å². The minimum Gasteiger partial charge on any atom is -0.618 e. The summed E-state index contributed by atoms with van der Waals surface area (Å²) in [7, 11) is 0. The van der Waals surface area contributed by atoms with Crippen molar-refractivity contribution in [3.8, 4) is 0 Å². The minimum absolute atomic E-state index is 0.510. The van der Waals surface area contributed by atoms with Gasteiger partial charge in [0.1, 0.15) is 0 Å². The average molecular weight is 222 g/mol. The van der Waals surface area contributed by atoms with Gasteiger partial charge in [-0.05, 0) is 24.3 Å². The van der Waals surface area contributed by atoms with Crippen molar-refractivity contribution in [3.63, 3.8) is 0 Å². The Morgan fingerprint density at radius 1 is 1.20 bits per heavy atom. The van der Waals surface area contributed by atoms with E-state index in [1.807, 2.05) is 0 Å². The molecule has 1 aromatic carbocycles. The standard InChI is InChI=1S/C11H8ClNO2/c12-9-3-5-10(6-4-9)13(14)8-11-2-1-7-15-11/h1-8H/b13-8+. The monoisotopic (exact) mass is 221 g/mol. The maximum absolute atomic E-state index is 11.6. The molecule has 0 aliphatic carbocycles. The van der Waals surface area contributed by atoms with Crippen LogP contribution in [0, 0.1) is 5.21 Å². The lowest BCUT2D eigenvalue weighted by atomic mass is 10.3. The quantitative estimate of drug-likeness (QED) is 0.338. The van der Waals surface area contributed by atoms with Crippen LogP contribution < -0.4 is 0 Å². The second-order valence-electron chi connectivity index (χ2n) is 2.95. The molecule has 0 saturated carbocycles. The first-order valence-corrected chi connectivity index (χ1v) is 4.74. The zero-order chi connectivity index (χ0) is 10.7. The fourth-order valence-electron chi connectivity index (χ4n) is 1.14. The highest BCUT2D eigenvalue weighted by atomic mass is 35.5. The molecule has 0 saturated heterocycles. The minimum atomic E-state index is 0.510. The van der Waals surface area contributed by atoms with E-state index in [4.69, 9.17) is 16.0 Å². The van der Waals surface area contributed by atoms with Crippen LogP contribution in [0.15, 0.2) is 47.1 Å². The van der Waals surface area contributed by atoms with E-state index in [2.05, 4.69) is 0 Å². The Labute approximate surface area is 91.8 Å². The van der Waals surface area contributed by atoms with Crippen LogP contribution in [0.25, 0.3) is 0 Å². The van der Waals surface area contributed by atoms with Crippen LogP contribution in [-0.4, -0.2) is 11.0 Å². The van der Waals surface area contributed by atoms with E-state index < -0.39 is 0 Å². The molecular weight excluding hydrogens is 214 g/mol. The van der Waals surface area contributed by atoms with Crippen molar-refractivity contribution in [3.05, 3.63) is 58.7 Å². The Bertz CT molecular complexity index is 460. The summed E-state index contributed by atoms with van der Waals surface area (Å²) in [6.07, 6.45) is 2.88. The fourth-order valence-corrected chi connectivity index (χ4v) is 1.27. The van der Waals surface area contributed by atoms with Crippen LogP contribution in [0.5, 0.6) is 0 Å². The largest absolute Gasteiger partial charge is 0.618 e. The molecule has 76 valence electrons. The fraction of sp³-hybridized carbons (Fsp3) is 0. The summed E-state index contributed by atoms with van der Waals surface area (Å²) in [5.41, 5.74) is 0.510. The topological polar surface area (TPSA) is 39.2 Å². The number of halogens is 1. The molecule has 0 aliphatic heterocycles. The van der Waals surface area contributed by atoms with Gasteiger partial charge in [-0.15, -0.1) is 0 Å². The van der Waals surface area contributed by atoms with Crippen LogP contribution in [0.3, 0.4) is 0 Å². The summed E-state index contributed by atoms with van der Waals surface area (Å²) in [5.74, 6) is 0.514. The van der Waals surface area contributed by atoms with E-state index in [1.54, 1.807) is 36.4 Å². The maximum Gasteiger partial charge on any atom is 0.223 e. The Hall–Kier alpha value is -1.74. The highest BCUT2D eigenvalue weighted by Gasteiger charge is 2.02. The average Bonchev–Trinajstić information content (AvgIpc) is 2.71. The van der Waals surface area contributed by atoms with E-state index in [1.165, 1.54) is 12.5 Å². The first-order valence-electron chi connectivity index (χ1n) is 4.36. The third-order valence-corrected chi connectivity index (χ3v) is 2.12. The van der Waals surface area contributed by atoms with E-state index >= 15 is 0 Å². The highest BCUT2D eigenvalue weighted by molar-refractivity contribution is 6.30. The maximum atomic E-state index is 11.6. The van der Waals surface area contributed by atoms with Gasteiger partial charge in [-0.1, -0.05) is 11.6 Å². The van der Waals surface area contributed by atoms with Gasteiger partial charge in [0.15, 0.2) is 5.76 Å². The van der Waals surface area contributed by atoms with Crippen LogP contribution in [0.1, 0.15) is 5.76 Å². The van der Waals surface area contributed by atoms with Crippen molar-refractivity contribution in [1.29, 1.82) is 0 Å². The number of hydrogen-bond acceptors (Lipinski definition) is 2. The second-order valence-corrected chi connectivity index (χ2v) is 3.38. The first-order chi connectivity index (χ1) is 7.25. The summed E-state index contributed by atoms with van der Waals surface area (Å²) in [5, 5.41) is 12.2. The lowest BCUT2D eigenvalue weighted by Gasteiger charge is -2.01. The summed E-state index contributed by atoms with van der Waals surface area (Å²) in [6.45, 7) is 0. The molecular formula is C11H8ClNO2. The van der Waals surface area contributed by atoms with Gasteiger partial charge in [-0.3, -0.25) is 0 Å². The Morgan fingerprint density at radius 3 is 2.53 bits per heavy atom. The molecule has 0 unspecified atom stereocenters. The molecule has 2 rings (SSSR count). The SMILES string of the molecule is [O-]/[N+](=C/c1ccco1)c1ccc(Cl)cc1. The Balaban J connectivity index is 2.28. The van der Waals surface area contributed by atoms with Crippen LogP contribution in [0.4, 0.5) is 5.69 Å². The number of nitrogens with zero attached hydrogens (tertiary/aromatic N) is 1. The van der Waals surface area contributed by atoms with Crippen LogP contribution >= 0.6 is 11.6 Å². The number of furan rings is 1. The third-order valence-electron chi connectivity index (χ3n) is 1.87. The van der Waals surface area contributed by atoms with Gasteiger partial charge in [-0.25, -0.2) is 0 Å². The molecule has 2 aromatic rings. The zero-order valence-electron chi connectivity index (χ0n) is 7.76. The molecule has 3 nitrogen and oxygen atoms in total. The van der Waals surface area contributed by atoms with Crippen LogP contribution in [0.2, 0.25) is 5.02 Å². The molecule has 15 heavy (non-hydrogen) atoms. The number of hydrogen-bond donors (Lipinski definition) is 0. The first kappa shape index (κ1) is 9.80. The van der Waals surface area contributed by atoms with Crippen molar-refractivity contribution < 1.29 is 9.16 Å². The molecule has 0 amide bonds. The number of benzene rings is 1.